The van der Waals surface area contributed by atoms with Gasteiger partial charge in [0.15, 0.2) is 0 Å². The number of carboxylic acids is 1. The molecule has 1 atom stereocenters. The first-order valence-corrected chi connectivity index (χ1v) is 7.02. The summed E-state index contributed by atoms with van der Waals surface area (Å²) in [5.74, 6) is -1.23. The van der Waals surface area contributed by atoms with Gasteiger partial charge in [-0.05, 0) is 38.5 Å². The van der Waals surface area contributed by atoms with E-state index in [1.807, 2.05) is 6.92 Å². The molecule has 0 fully saturated rings. The molecule has 0 radical (unpaired) electrons. The quantitative estimate of drug-likeness (QED) is 0.641. The average Bonchev–Trinajstić information content (AvgIpc) is 2.35. The molecule has 0 aliphatic carbocycles. The van der Waals surface area contributed by atoms with Crippen LogP contribution < -0.4 is 0 Å². The molecule has 1 aromatic carbocycles. The second-order valence-corrected chi connectivity index (χ2v) is 5.61. The summed E-state index contributed by atoms with van der Waals surface area (Å²) in [4.78, 5) is 23.5. The summed E-state index contributed by atoms with van der Waals surface area (Å²) in [7, 11) is 0. The van der Waals surface area contributed by atoms with Crippen LogP contribution in [0.25, 0.3) is 0 Å². The Morgan fingerprint density at radius 2 is 2.05 bits per heavy atom. The molecule has 0 saturated heterocycles. The molecule has 1 unspecified atom stereocenters. The fourth-order valence-electron chi connectivity index (χ4n) is 1.47. The number of hydrogen-bond donors (Lipinski definition) is 1. The van der Waals surface area contributed by atoms with Gasteiger partial charge in [0.2, 0.25) is 0 Å². The van der Waals surface area contributed by atoms with Crippen LogP contribution in [-0.2, 0) is 9.53 Å². The second kappa shape index (κ2) is 7.19. The van der Waals surface area contributed by atoms with Crippen molar-refractivity contribution in [2.45, 2.75) is 43.4 Å². The maximum Gasteiger partial charge on any atom is 0.335 e. The lowest BCUT2D eigenvalue weighted by atomic mass is 10.2. The third-order valence-electron chi connectivity index (χ3n) is 2.34. The Bertz CT molecular complexity index is 457. The fourth-order valence-corrected chi connectivity index (χ4v) is 2.47. The molecule has 1 N–H and O–H groups in total. The largest absolute Gasteiger partial charge is 0.478 e. The van der Waals surface area contributed by atoms with Gasteiger partial charge in [-0.15, -0.1) is 11.8 Å². The van der Waals surface area contributed by atoms with Crippen LogP contribution in [0.2, 0.25) is 0 Å². The third kappa shape index (κ3) is 4.95. The van der Waals surface area contributed by atoms with Crippen molar-refractivity contribution in [2.24, 2.45) is 0 Å². The fraction of sp³-hybridized carbons (Fsp3) is 0.429. The number of aromatic carboxylic acids is 1. The first kappa shape index (κ1) is 15.6. The normalized spacial score (nSPS) is 12.2. The summed E-state index contributed by atoms with van der Waals surface area (Å²) in [5, 5.41) is 8.61. The van der Waals surface area contributed by atoms with Crippen molar-refractivity contribution in [3.8, 4) is 0 Å². The van der Waals surface area contributed by atoms with Gasteiger partial charge in [-0.1, -0.05) is 13.0 Å². The van der Waals surface area contributed by atoms with Crippen LogP contribution in [0.15, 0.2) is 29.2 Å². The number of benzene rings is 1. The number of ether oxygens (including phenoxy) is 1. The van der Waals surface area contributed by atoms with Gasteiger partial charge in [0.1, 0.15) is 5.25 Å². The predicted octanol–water partition coefficient (Wildman–Crippen LogP) is 3.21. The van der Waals surface area contributed by atoms with Crippen molar-refractivity contribution >= 4 is 23.7 Å². The van der Waals surface area contributed by atoms with Gasteiger partial charge in [0.05, 0.1) is 11.7 Å². The number of carboxylic acid groups (broad SMARTS) is 1. The summed E-state index contributed by atoms with van der Waals surface area (Å²) in [5.41, 5.74) is 0.220. The molecule has 1 aromatic rings. The molecule has 0 aliphatic rings. The summed E-state index contributed by atoms with van der Waals surface area (Å²) in [6, 6.07) is 6.56. The van der Waals surface area contributed by atoms with E-state index < -0.39 is 5.97 Å². The van der Waals surface area contributed by atoms with E-state index in [0.29, 0.717) is 6.42 Å². The van der Waals surface area contributed by atoms with Crippen LogP contribution in [0.3, 0.4) is 0 Å². The lowest BCUT2D eigenvalue weighted by Crippen LogP contribution is -2.22. The lowest BCUT2D eigenvalue weighted by molar-refractivity contribution is -0.146. The molecule has 0 bridgehead atoms. The Morgan fingerprint density at radius 1 is 1.37 bits per heavy atom. The van der Waals surface area contributed by atoms with E-state index in [-0.39, 0.29) is 22.9 Å². The SMILES string of the molecule is CCC(Sc1cccc(C(=O)O)c1)C(=O)OC(C)C. The topological polar surface area (TPSA) is 63.6 Å². The van der Waals surface area contributed by atoms with Crippen molar-refractivity contribution in [1.29, 1.82) is 0 Å². The van der Waals surface area contributed by atoms with Crippen molar-refractivity contribution < 1.29 is 19.4 Å². The van der Waals surface area contributed by atoms with E-state index in [0.717, 1.165) is 4.90 Å². The zero-order valence-corrected chi connectivity index (χ0v) is 12.1. The highest BCUT2D eigenvalue weighted by Gasteiger charge is 2.20. The maximum atomic E-state index is 11.8. The zero-order chi connectivity index (χ0) is 14.4. The predicted molar refractivity (Wildman–Crippen MR) is 74.6 cm³/mol. The van der Waals surface area contributed by atoms with Crippen molar-refractivity contribution in [2.75, 3.05) is 0 Å². The maximum absolute atomic E-state index is 11.8. The van der Waals surface area contributed by atoms with Gasteiger partial charge in [-0.2, -0.15) is 0 Å². The lowest BCUT2D eigenvalue weighted by Gasteiger charge is -2.16. The first-order valence-electron chi connectivity index (χ1n) is 6.14. The van der Waals surface area contributed by atoms with Gasteiger partial charge in [0.25, 0.3) is 0 Å². The number of hydrogen-bond acceptors (Lipinski definition) is 4. The first-order chi connectivity index (χ1) is 8.93. The second-order valence-electron chi connectivity index (χ2n) is 4.33. The minimum atomic E-state index is -0.972. The van der Waals surface area contributed by atoms with Gasteiger partial charge in [-0.25, -0.2) is 4.79 Å². The van der Waals surface area contributed by atoms with E-state index in [1.54, 1.807) is 32.0 Å². The van der Waals surface area contributed by atoms with E-state index in [9.17, 15) is 9.59 Å². The zero-order valence-electron chi connectivity index (χ0n) is 11.3. The molecule has 0 aromatic heterocycles. The molecule has 19 heavy (non-hydrogen) atoms. The Hall–Kier alpha value is -1.49. The average molecular weight is 282 g/mol. The van der Waals surface area contributed by atoms with E-state index in [2.05, 4.69) is 0 Å². The van der Waals surface area contributed by atoms with Crippen molar-refractivity contribution in [1.82, 2.24) is 0 Å². The monoisotopic (exact) mass is 282 g/mol. The molecule has 0 spiro atoms. The molecule has 5 heteroatoms. The van der Waals surface area contributed by atoms with Gasteiger partial charge < -0.3 is 9.84 Å². The van der Waals surface area contributed by atoms with Crippen LogP contribution in [0.1, 0.15) is 37.6 Å². The van der Waals surface area contributed by atoms with Crippen LogP contribution in [0, 0.1) is 0 Å². The Kier molecular flexibility index (Phi) is 5.89. The highest BCUT2D eigenvalue weighted by atomic mass is 32.2. The van der Waals surface area contributed by atoms with Gasteiger partial charge in [0, 0.05) is 4.90 Å². The Morgan fingerprint density at radius 3 is 2.58 bits per heavy atom. The number of thioether (sulfide) groups is 1. The molecule has 1 rings (SSSR count). The number of carbonyl (C=O) groups is 2. The van der Waals surface area contributed by atoms with Crippen LogP contribution in [-0.4, -0.2) is 28.4 Å². The smallest absolute Gasteiger partial charge is 0.335 e. The molecule has 0 heterocycles. The Labute approximate surface area is 117 Å². The molecule has 0 saturated carbocycles. The van der Waals surface area contributed by atoms with Crippen LogP contribution >= 0.6 is 11.8 Å². The van der Waals surface area contributed by atoms with Crippen molar-refractivity contribution in [3.63, 3.8) is 0 Å². The van der Waals surface area contributed by atoms with Crippen LogP contribution in [0.5, 0.6) is 0 Å². The molecule has 104 valence electrons. The van der Waals surface area contributed by atoms with Gasteiger partial charge >= 0.3 is 11.9 Å². The van der Waals surface area contributed by atoms with Gasteiger partial charge in [-0.3, -0.25) is 4.79 Å². The number of carbonyl (C=O) groups excluding carboxylic acids is 1. The summed E-state index contributed by atoms with van der Waals surface area (Å²) in [6.07, 6.45) is 0.487. The Balaban J connectivity index is 2.78. The van der Waals surface area contributed by atoms with Crippen LogP contribution in [0.4, 0.5) is 0 Å². The standard InChI is InChI=1S/C14H18O4S/c1-4-12(14(17)18-9(2)3)19-11-7-5-6-10(8-11)13(15)16/h5-9,12H,4H2,1-3H3,(H,15,16). The summed E-state index contributed by atoms with van der Waals surface area (Å²) >= 11 is 1.33. The van der Waals surface area contributed by atoms with E-state index in [1.165, 1.54) is 17.8 Å². The molecule has 0 aliphatic heterocycles. The summed E-state index contributed by atoms with van der Waals surface area (Å²) in [6.45, 7) is 5.51. The highest BCUT2D eigenvalue weighted by molar-refractivity contribution is 8.00. The molecular weight excluding hydrogens is 264 g/mol. The highest BCUT2D eigenvalue weighted by Crippen LogP contribution is 2.27. The molecule has 0 amide bonds. The third-order valence-corrected chi connectivity index (χ3v) is 3.68. The minimum Gasteiger partial charge on any atom is -0.478 e. The van der Waals surface area contributed by atoms with Crippen molar-refractivity contribution in [3.05, 3.63) is 29.8 Å². The van der Waals surface area contributed by atoms with E-state index in [4.69, 9.17) is 9.84 Å². The number of rotatable bonds is 6. The number of esters is 1. The summed E-state index contributed by atoms with van der Waals surface area (Å²) < 4.78 is 5.18. The molecular formula is C14H18O4S. The molecule has 4 nitrogen and oxygen atoms in total. The van der Waals surface area contributed by atoms with E-state index >= 15 is 0 Å². The minimum absolute atomic E-state index is 0.146.